The van der Waals surface area contributed by atoms with Gasteiger partial charge in [0.25, 0.3) is 5.91 Å². The molecule has 1 amide bonds. The minimum Gasteiger partial charge on any atom is -0.365 e. The summed E-state index contributed by atoms with van der Waals surface area (Å²) in [6.07, 6.45) is 2.07. The molecule has 2 heterocycles. The molecule has 1 fully saturated rings. The molecule has 0 bridgehead atoms. The van der Waals surface area contributed by atoms with Crippen LogP contribution in [0.25, 0.3) is 11.3 Å². The Bertz CT molecular complexity index is 748. The molecule has 0 unspecified atom stereocenters. The third-order valence-electron chi connectivity index (χ3n) is 4.35. The number of benzene rings is 1. The van der Waals surface area contributed by atoms with Crippen molar-refractivity contribution in [2.75, 3.05) is 6.54 Å². The van der Waals surface area contributed by atoms with Gasteiger partial charge in [-0.1, -0.05) is 12.1 Å². The summed E-state index contributed by atoms with van der Waals surface area (Å²) >= 11 is 0. The highest BCUT2D eigenvalue weighted by molar-refractivity contribution is 6.00. The summed E-state index contributed by atoms with van der Waals surface area (Å²) in [7, 11) is 0. The number of rotatable bonds is 2. The number of carbonyl (C=O) groups is 1. The van der Waals surface area contributed by atoms with Gasteiger partial charge >= 0.3 is 0 Å². The van der Waals surface area contributed by atoms with E-state index in [1.165, 1.54) is 12.1 Å². The molecule has 1 aliphatic carbocycles. The largest absolute Gasteiger partial charge is 0.365 e. The quantitative estimate of drug-likeness (QED) is 0.876. The third kappa shape index (κ3) is 1.79. The predicted octanol–water partition coefficient (Wildman–Crippen LogP) is 1.38. The number of carbonyl (C=O) groups excluding carboxylic acids is 1. The molecule has 0 atom stereocenters. The van der Waals surface area contributed by atoms with Crippen LogP contribution in [0, 0.1) is 5.82 Å². The van der Waals surface area contributed by atoms with Crippen molar-refractivity contribution in [1.29, 1.82) is 0 Å². The van der Waals surface area contributed by atoms with E-state index in [2.05, 4.69) is 10.4 Å². The summed E-state index contributed by atoms with van der Waals surface area (Å²) < 4.78 is 15.4. The third-order valence-corrected chi connectivity index (χ3v) is 4.35. The SMILES string of the molecule is NC(=O)c1c(-c2cccc(F)c2)nn2c1CNCC21CC1. The lowest BCUT2D eigenvalue weighted by Gasteiger charge is -2.25. The number of aromatic nitrogens is 2. The molecule has 6 heteroatoms. The van der Waals surface area contributed by atoms with Gasteiger partial charge in [0.1, 0.15) is 11.5 Å². The maximum atomic E-state index is 13.5. The molecular weight excluding hydrogens is 271 g/mol. The molecular formula is C15H15FN4O. The van der Waals surface area contributed by atoms with E-state index in [4.69, 9.17) is 5.73 Å². The second kappa shape index (κ2) is 4.14. The molecule has 4 rings (SSSR count). The number of nitrogens with two attached hydrogens (primary N) is 1. The van der Waals surface area contributed by atoms with Gasteiger partial charge in [0, 0.05) is 18.7 Å². The Kier molecular flexibility index (Phi) is 2.47. The fourth-order valence-electron chi connectivity index (χ4n) is 3.13. The van der Waals surface area contributed by atoms with Crippen LogP contribution in [0.5, 0.6) is 0 Å². The highest BCUT2D eigenvalue weighted by atomic mass is 19.1. The fraction of sp³-hybridized carbons (Fsp3) is 0.333. The van der Waals surface area contributed by atoms with Crippen molar-refractivity contribution >= 4 is 5.91 Å². The highest BCUT2D eigenvalue weighted by Gasteiger charge is 2.49. The first-order valence-corrected chi connectivity index (χ1v) is 7.00. The van der Waals surface area contributed by atoms with Gasteiger partial charge in [-0.2, -0.15) is 5.10 Å². The lowest BCUT2D eigenvalue weighted by molar-refractivity contribution is 0.0999. The lowest BCUT2D eigenvalue weighted by Crippen LogP contribution is -2.40. The van der Waals surface area contributed by atoms with Crippen LogP contribution in [0.15, 0.2) is 24.3 Å². The van der Waals surface area contributed by atoms with Crippen LogP contribution >= 0.6 is 0 Å². The Labute approximate surface area is 120 Å². The molecule has 2 aromatic rings. The van der Waals surface area contributed by atoms with Crippen LogP contribution in [0.2, 0.25) is 0 Å². The molecule has 0 saturated heterocycles. The molecule has 2 aliphatic rings. The lowest BCUT2D eigenvalue weighted by atomic mass is 10.0. The number of halogens is 1. The van der Waals surface area contributed by atoms with Gasteiger partial charge in [0.05, 0.1) is 16.8 Å². The van der Waals surface area contributed by atoms with E-state index in [9.17, 15) is 9.18 Å². The summed E-state index contributed by atoms with van der Waals surface area (Å²) in [5.41, 5.74) is 7.81. The van der Waals surface area contributed by atoms with E-state index in [1.807, 2.05) is 4.68 Å². The monoisotopic (exact) mass is 286 g/mol. The van der Waals surface area contributed by atoms with Gasteiger partial charge < -0.3 is 11.1 Å². The van der Waals surface area contributed by atoms with Gasteiger partial charge in [-0.05, 0) is 25.0 Å². The molecule has 1 aliphatic heterocycles. The molecule has 1 aromatic carbocycles. The van der Waals surface area contributed by atoms with Gasteiger partial charge in [-0.3, -0.25) is 9.48 Å². The highest BCUT2D eigenvalue weighted by Crippen LogP contribution is 2.46. The Balaban J connectivity index is 1.95. The minimum absolute atomic E-state index is 0.0244. The van der Waals surface area contributed by atoms with Crippen LogP contribution in [0.3, 0.4) is 0 Å². The molecule has 3 N–H and O–H groups in total. The number of hydrogen-bond acceptors (Lipinski definition) is 3. The van der Waals surface area contributed by atoms with Crippen molar-refractivity contribution in [3.8, 4) is 11.3 Å². The van der Waals surface area contributed by atoms with Crippen LogP contribution in [-0.2, 0) is 12.1 Å². The topological polar surface area (TPSA) is 72.9 Å². The van der Waals surface area contributed by atoms with Crippen molar-refractivity contribution in [1.82, 2.24) is 15.1 Å². The zero-order valence-electron chi connectivity index (χ0n) is 11.4. The number of nitrogens with one attached hydrogen (secondary N) is 1. The van der Waals surface area contributed by atoms with E-state index >= 15 is 0 Å². The molecule has 1 aromatic heterocycles. The van der Waals surface area contributed by atoms with Crippen molar-refractivity contribution in [3.05, 3.63) is 41.3 Å². The standard InChI is InChI=1S/C15H15FN4O/c16-10-3-1-2-9(6-10)13-12(14(17)21)11-7-18-8-15(4-5-15)20(11)19-13/h1-3,6,18H,4-5,7-8H2,(H2,17,21). The van der Waals surface area contributed by atoms with Gasteiger partial charge in [0.2, 0.25) is 0 Å². The number of fused-ring (bicyclic) bond motifs is 2. The van der Waals surface area contributed by atoms with E-state index in [0.29, 0.717) is 23.4 Å². The van der Waals surface area contributed by atoms with E-state index in [-0.39, 0.29) is 11.4 Å². The van der Waals surface area contributed by atoms with Gasteiger partial charge in [-0.15, -0.1) is 0 Å². The minimum atomic E-state index is -0.519. The summed E-state index contributed by atoms with van der Waals surface area (Å²) in [6, 6.07) is 6.11. The van der Waals surface area contributed by atoms with Crippen LogP contribution in [-0.4, -0.2) is 22.2 Å². The Hall–Kier alpha value is -2.21. The first kappa shape index (κ1) is 12.5. The molecule has 1 saturated carbocycles. The molecule has 21 heavy (non-hydrogen) atoms. The van der Waals surface area contributed by atoms with E-state index in [0.717, 1.165) is 25.1 Å². The normalized spacial score (nSPS) is 18.5. The number of amides is 1. The summed E-state index contributed by atoms with van der Waals surface area (Å²) in [5.74, 6) is -0.872. The zero-order valence-corrected chi connectivity index (χ0v) is 11.4. The molecule has 5 nitrogen and oxygen atoms in total. The Morgan fingerprint density at radius 1 is 1.43 bits per heavy atom. The van der Waals surface area contributed by atoms with Crippen molar-refractivity contribution in [2.45, 2.75) is 24.9 Å². The number of hydrogen-bond donors (Lipinski definition) is 2. The van der Waals surface area contributed by atoms with Crippen molar-refractivity contribution < 1.29 is 9.18 Å². The van der Waals surface area contributed by atoms with Crippen LogP contribution < -0.4 is 11.1 Å². The first-order chi connectivity index (χ1) is 10.1. The fourth-order valence-corrected chi connectivity index (χ4v) is 3.13. The van der Waals surface area contributed by atoms with E-state index < -0.39 is 5.91 Å². The summed E-state index contributed by atoms with van der Waals surface area (Å²) in [4.78, 5) is 11.9. The maximum absolute atomic E-state index is 13.5. The Morgan fingerprint density at radius 2 is 2.24 bits per heavy atom. The molecule has 108 valence electrons. The molecule has 1 spiro atoms. The Morgan fingerprint density at radius 3 is 2.90 bits per heavy atom. The number of nitrogens with zero attached hydrogens (tertiary/aromatic N) is 2. The predicted molar refractivity (Wildman–Crippen MR) is 75.1 cm³/mol. The zero-order chi connectivity index (χ0) is 14.6. The van der Waals surface area contributed by atoms with Crippen LogP contribution in [0.1, 0.15) is 28.9 Å². The summed E-state index contributed by atoms with van der Waals surface area (Å²) in [6.45, 7) is 1.41. The van der Waals surface area contributed by atoms with Gasteiger partial charge in [0.15, 0.2) is 0 Å². The second-order valence-electron chi connectivity index (χ2n) is 5.78. The average molecular weight is 286 g/mol. The smallest absolute Gasteiger partial charge is 0.252 e. The average Bonchev–Trinajstić information content (AvgIpc) is 3.09. The van der Waals surface area contributed by atoms with Crippen molar-refractivity contribution in [3.63, 3.8) is 0 Å². The van der Waals surface area contributed by atoms with Crippen LogP contribution in [0.4, 0.5) is 4.39 Å². The second-order valence-corrected chi connectivity index (χ2v) is 5.78. The maximum Gasteiger partial charge on any atom is 0.252 e. The first-order valence-electron chi connectivity index (χ1n) is 7.00. The van der Waals surface area contributed by atoms with E-state index in [1.54, 1.807) is 12.1 Å². The van der Waals surface area contributed by atoms with Crippen molar-refractivity contribution in [2.24, 2.45) is 5.73 Å². The number of primary amides is 1. The van der Waals surface area contributed by atoms with Gasteiger partial charge in [-0.25, -0.2) is 4.39 Å². The summed E-state index contributed by atoms with van der Waals surface area (Å²) in [5, 5.41) is 7.93. The molecule has 0 radical (unpaired) electrons.